The van der Waals surface area contributed by atoms with Gasteiger partial charge in [-0.2, -0.15) is 0 Å². The van der Waals surface area contributed by atoms with Gasteiger partial charge in [0.2, 0.25) is 0 Å². The van der Waals surface area contributed by atoms with E-state index in [9.17, 15) is 22.4 Å². The summed E-state index contributed by atoms with van der Waals surface area (Å²) >= 11 is 0. The van der Waals surface area contributed by atoms with E-state index in [0.29, 0.717) is 19.5 Å². The normalized spacial score (nSPS) is 16.9. The lowest BCUT2D eigenvalue weighted by atomic mass is 9.91. The highest BCUT2D eigenvalue weighted by atomic mass is 35.5. The fourth-order valence-electron chi connectivity index (χ4n) is 3.77. The molecule has 0 aromatic heterocycles. The lowest BCUT2D eigenvalue weighted by Crippen LogP contribution is -2.40. The Bertz CT molecular complexity index is 848. The average Bonchev–Trinajstić information content (AvgIpc) is 2.72. The van der Waals surface area contributed by atoms with Crippen molar-refractivity contribution in [1.82, 2.24) is 4.90 Å². The molecule has 1 aliphatic rings. The molecule has 1 N–H and O–H groups in total. The highest BCUT2D eigenvalue weighted by Gasteiger charge is 2.26. The molecule has 9 heteroatoms. The van der Waals surface area contributed by atoms with Gasteiger partial charge in [0.05, 0.1) is 19.1 Å². The van der Waals surface area contributed by atoms with E-state index >= 15 is 0 Å². The van der Waals surface area contributed by atoms with Gasteiger partial charge < -0.3 is 14.7 Å². The number of carboxylic acids is 1. The maximum Gasteiger partial charge on any atom is 0.307 e. The minimum absolute atomic E-state index is 0. The summed E-state index contributed by atoms with van der Waals surface area (Å²) in [6.07, 6.45) is 1.40. The first-order valence-electron chi connectivity index (χ1n) is 9.78. The molecule has 1 atom stereocenters. The van der Waals surface area contributed by atoms with Crippen molar-refractivity contribution in [2.24, 2.45) is 5.92 Å². The van der Waals surface area contributed by atoms with Crippen LogP contribution in [0.2, 0.25) is 0 Å². The molecule has 170 valence electrons. The van der Waals surface area contributed by atoms with E-state index in [2.05, 4.69) is 0 Å². The van der Waals surface area contributed by atoms with Gasteiger partial charge in [-0.1, -0.05) is 0 Å². The topological polar surface area (TPSA) is 49.8 Å². The van der Waals surface area contributed by atoms with Crippen LogP contribution in [0, 0.1) is 29.2 Å². The fourth-order valence-corrected chi connectivity index (χ4v) is 3.77. The summed E-state index contributed by atoms with van der Waals surface area (Å²) in [6.45, 7) is 1.62. The Kier molecular flexibility index (Phi) is 9.28. The molecule has 2 aromatic carbocycles. The second kappa shape index (κ2) is 11.5. The molecule has 31 heavy (non-hydrogen) atoms. The van der Waals surface area contributed by atoms with Gasteiger partial charge >= 0.3 is 5.97 Å². The first kappa shape index (κ1) is 25.1. The first-order valence-corrected chi connectivity index (χ1v) is 9.78. The van der Waals surface area contributed by atoms with Crippen LogP contribution in [-0.4, -0.2) is 48.8 Å². The molecule has 4 nitrogen and oxygen atoms in total. The molecule has 0 unspecified atom stereocenters. The molecule has 0 amide bonds. The van der Waals surface area contributed by atoms with Crippen molar-refractivity contribution in [3.8, 4) is 0 Å². The van der Waals surface area contributed by atoms with Crippen LogP contribution in [0.1, 0.15) is 29.9 Å². The third-order valence-electron chi connectivity index (χ3n) is 5.36. The number of hydrogen-bond donors (Lipinski definition) is 1. The van der Waals surface area contributed by atoms with Crippen LogP contribution in [0.5, 0.6) is 0 Å². The molecular formula is C22H24ClF4NO3. The Balaban J connectivity index is 0.00000341. The third-order valence-corrected chi connectivity index (χ3v) is 5.36. The lowest BCUT2D eigenvalue weighted by molar-refractivity contribution is -0.143. The third kappa shape index (κ3) is 6.66. The largest absolute Gasteiger partial charge is 0.481 e. The van der Waals surface area contributed by atoms with Crippen LogP contribution >= 0.6 is 12.4 Å². The van der Waals surface area contributed by atoms with Crippen molar-refractivity contribution >= 4 is 18.4 Å². The minimum atomic E-state index is -1.04. The van der Waals surface area contributed by atoms with Gasteiger partial charge in [0.25, 0.3) is 0 Å². The summed E-state index contributed by atoms with van der Waals surface area (Å²) in [5, 5.41) is 9.16. The lowest BCUT2D eigenvalue weighted by Gasteiger charge is -2.30. The molecule has 1 aliphatic heterocycles. The second-order valence-electron chi connectivity index (χ2n) is 7.44. The number of ether oxygens (including phenoxy) is 1. The summed E-state index contributed by atoms with van der Waals surface area (Å²) in [5.41, 5.74) is -0.244. The van der Waals surface area contributed by atoms with Gasteiger partial charge in [-0.3, -0.25) is 4.79 Å². The summed E-state index contributed by atoms with van der Waals surface area (Å²) in [6, 6.07) is 5.69. The van der Waals surface area contributed by atoms with E-state index in [-0.39, 0.29) is 36.7 Å². The van der Waals surface area contributed by atoms with Crippen LogP contribution in [0.3, 0.4) is 0 Å². The van der Waals surface area contributed by atoms with E-state index in [1.54, 1.807) is 0 Å². The van der Waals surface area contributed by atoms with Crippen molar-refractivity contribution in [3.63, 3.8) is 0 Å². The zero-order chi connectivity index (χ0) is 21.7. The summed E-state index contributed by atoms with van der Waals surface area (Å²) in [4.78, 5) is 13.1. The zero-order valence-corrected chi connectivity index (χ0v) is 17.5. The van der Waals surface area contributed by atoms with Gasteiger partial charge in [0.15, 0.2) is 0 Å². The second-order valence-corrected chi connectivity index (χ2v) is 7.44. The maximum atomic E-state index is 14.4. The number of rotatable bonds is 8. The molecule has 1 saturated heterocycles. The number of hydrogen-bond acceptors (Lipinski definition) is 3. The van der Waals surface area contributed by atoms with Crippen LogP contribution < -0.4 is 0 Å². The molecule has 0 spiro atoms. The van der Waals surface area contributed by atoms with Crippen molar-refractivity contribution < 1.29 is 32.2 Å². The van der Waals surface area contributed by atoms with Gasteiger partial charge in [0, 0.05) is 30.1 Å². The van der Waals surface area contributed by atoms with E-state index in [1.165, 1.54) is 0 Å². The number of nitrogens with zero attached hydrogens (tertiary/aromatic N) is 1. The molecule has 0 aliphatic carbocycles. The highest BCUT2D eigenvalue weighted by molar-refractivity contribution is 5.85. The van der Waals surface area contributed by atoms with E-state index < -0.39 is 41.1 Å². The standard InChI is InChI=1S/C22H23F4NO3.ClH/c23-15-3-5-20(25)17(10-15)19(18-11-16(24)4-6-21(18)26)13-30-9-8-27-7-1-2-14(12-27)22(28)29;/h3-6,10-11,14,19H,1-2,7-9,12-13H2,(H,28,29);1H/t14-;/m1./s1. The number of likely N-dealkylation sites (tertiary alicyclic amines) is 1. The smallest absolute Gasteiger partial charge is 0.307 e. The van der Waals surface area contributed by atoms with Gasteiger partial charge in [-0.25, -0.2) is 17.6 Å². The minimum Gasteiger partial charge on any atom is -0.481 e. The summed E-state index contributed by atoms with van der Waals surface area (Å²) in [5.74, 6) is -5.16. The number of benzene rings is 2. The van der Waals surface area contributed by atoms with Crippen LogP contribution in [-0.2, 0) is 9.53 Å². The Labute approximate surface area is 184 Å². The Morgan fingerprint density at radius 1 is 1.06 bits per heavy atom. The zero-order valence-electron chi connectivity index (χ0n) is 16.7. The van der Waals surface area contributed by atoms with E-state index in [0.717, 1.165) is 49.4 Å². The average molecular weight is 462 g/mol. The number of aliphatic carboxylic acids is 1. The summed E-state index contributed by atoms with van der Waals surface area (Å²) < 4.78 is 61.7. The monoisotopic (exact) mass is 461 g/mol. The number of piperidine rings is 1. The van der Waals surface area contributed by atoms with Gasteiger partial charge in [-0.05, 0) is 55.8 Å². The molecule has 1 fully saturated rings. The molecule has 0 radical (unpaired) electrons. The van der Waals surface area contributed by atoms with Crippen LogP contribution in [0.15, 0.2) is 36.4 Å². The van der Waals surface area contributed by atoms with Crippen molar-refractivity contribution in [2.75, 3.05) is 32.8 Å². The quantitative estimate of drug-likeness (QED) is 0.461. The first-order chi connectivity index (χ1) is 14.3. The molecule has 2 aromatic rings. The molecule has 0 saturated carbocycles. The number of carbonyl (C=O) groups is 1. The number of halogens is 5. The van der Waals surface area contributed by atoms with Gasteiger partial charge in [-0.15, -0.1) is 12.4 Å². The molecule has 3 rings (SSSR count). The fraction of sp³-hybridized carbons (Fsp3) is 0.409. The Hall–Kier alpha value is -2.16. The maximum absolute atomic E-state index is 14.4. The molecule has 0 bridgehead atoms. The predicted octanol–water partition coefficient (Wildman–Crippen LogP) is 4.61. The van der Waals surface area contributed by atoms with E-state index in [1.807, 2.05) is 4.90 Å². The van der Waals surface area contributed by atoms with Gasteiger partial charge in [0.1, 0.15) is 23.3 Å². The van der Waals surface area contributed by atoms with Crippen LogP contribution in [0.25, 0.3) is 0 Å². The molecular weight excluding hydrogens is 438 g/mol. The molecule has 1 heterocycles. The number of carboxylic acid groups (broad SMARTS) is 1. The summed E-state index contributed by atoms with van der Waals surface area (Å²) in [7, 11) is 0. The van der Waals surface area contributed by atoms with Crippen LogP contribution in [0.4, 0.5) is 17.6 Å². The van der Waals surface area contributed by atoms with Crippen molar-refractivity contribution in [3.05, 3.63) is 70.8 Å². The SMILES string of the molecule is Cl.O=C(O)[C@@H]1CCCN(CCOCC(c2cc(F)ccc2F)c2cc(F)ccc2F)C1. The Morgan fingerprint density at radius 3 is 2.19 bits per heavy atom. The Morgan fingerprint density at radius 2 is 1.65 bits per heavy atom. The van der Waals surface area contributed by atoms with E-state index in [4.69, 9.17) is 9.84 Å². The predicted molar refractivity (Wildman–Crippen MR) is 109 cm³/mol. The van der Waals surface area contributed by atoms with Crippen molar-refractivity contribution in [1.29, 1.82) is 0 Å². The van der Waals surface area contributed by atoms with Crippen molar-refractivity contribution in [2.45, 2.75) is 18.8 Å². The highest BCUT2D eigenvalue weighted by Crippen LogP contribution is 2.30.